The molecule has 2 N–H and O–H groups in total. The first-order chi connectivity index (χ1) is 8.13. The van der Waals surface area contributed by atoms with Crippen molar-refractivity contribution in [1.82, 2.24) is 4.90 Å². The van der Waals surface area contributed by atoms with Gasteiger partial charge in [0.1, 0.15) is 5.54 Å². The molecule has 1 heterocycles. The number of rotatable bonds is 6. The molecule has 0 spiro atoms. The van der Waals surface area contributed by atoms with Gasteiger partial charge in [-0.1, -0.05) is 20.3 Å². The largest absolute Gasteiger partial charge is 0.313 e. The molecule has 0 aromatic rings. The zero-order chi connectivity index (χ0) is 12.7. The van der Waals surface area contributed by atoms with Gasteiger partial charge in [0.25, 0.3) is 0 Å². The number of piperidine rings is 1. The maximum absolute atomic E-state index is 9.00. The molecule has 1 rings (SSSR count). The molecular weight excluding hydrogens is 210 g/mol. The fourth-order valence-electron chi connectivity index (χ4n) is 2.55. The van der Waals surface area contributed by atoms with Gasteiger partial charge >= 0.3 is 0 Å². The highest BCUT2D eigenvalue weighted by molar-refractivity contribution is 5.03. The standard InChI is InChI=1S/C14H27N3/c1-3-13-6-10-17(11-7-13)9-5-8-14(16,4-2)12-15/h13H,3-11,16H2,1-2H3. The molecule has 1 aliphatic rings. The lowest BCUT2D eigenvalue weighted by Crippen LogP contribution is -2.39. The highest BCUT2D eigenvalue weighted by atomic mass is 15.1. The molecular formula is C14H27N3. The Morgan fingerprint density at radius 1 is 1.35 bits per heavy atom. The van der Waals surface area contributed by atoms with Crippen LogP contribution in [-0.2, 0) is 0 Å². The van der Waals surface area contributed by atoms with Crippen molar-refractivity contribution >= 4 is 0 Å². The van der Waals surface area contributed by atoms with Crippen LogP contribution >= 0.6 is 0 Å². The van der Waals surface area contributed by atoms with Crippen LogP contribution in [0.15, 0.2) is 0 Å². The van der Waals surface area contributed by atoms with Gasteiger partial charge in [0.05, 0.1) is 6.07 Å². The lowest BCUT2D eigenvalue weighted by Gasteiger charge is -2.32. The maximum Gasteiger partial charge on any atom is 0.104 e. The van der Waals surface area contributed by atoms with Crippen molar-refractivity contribution in [3.8, 4) is 6.07 Å². The SMILES string of the molecule is CCC1CCN(CCCC(N)(C#N)CC)CC1. The summed E-state index contributed by atoms with van der Waals surface area (Å²) in [4.78, 5) is 2.53. The molecule has 98 valence electrons. The molecule has 3 heteroatoms. The van der Waals surface area contributed by atoms with Gasteiger partial charge in [-0.25, -0.2) is 0 Å². The van der Waals surface area contributed by atoms with E-state index >= 15 is 0 Å². The van der Waals surface area contributed by atoms with E-state index in [1.807, 2.05) is 6.92 Å². The van der Waals surface area contributed by atoms with Crippen molar-refractivity contribution in [1.29, 1.82) is 5.26 Å². The van der Waals surface area contributed by atoms with E-state index in [-0.39, 0.29) is 0 Å². The predicted molar refractivity (Wildman–Crippen MR) is 71.5 cm³/mol. The van der Waals surface area contributed by atoms with Gasteiger partial charge in [-0.05, 0) is 57.7 Å². The number of hydrogen-bond donors (Lipinski definition) is 1. The summed E-state index contributed by atoms with van der Waals surface area (Å²) in [5.74, 6) is 0.939. The number of hydrogen-bond acceptors (Lipinski definition) is 3. The molecule has 0 radical (unpaired) electrons. The molecule has 0 aliphatic carbocycles. The molecule has 1 aliphatic heterocycles. The number of likely N-dealkylation sites (tertiary alicyclic amines) is 1. The minimum Gasteiger partial charge on any atom is -0.313 e. The van der Waals surface area contributed by atoms with Crippen LogP contribution in [0.2, 0.25) is 0 Å². The van der Waals surface area contributed by atoms with Crippen molar-refractivity contribution in [2.75, 3.05) is 19.6 Å². The zero-order valence-electron chi connectivity index (χ0n) is 11.4. The third-order valence-electron chi connectivity index (χ3n) is 4.24. The quantitative estimate of drug-likeness (QED) is 0.772. The summed E-state index contributed by atoms with van der Waals surface area (Å²) < 4.78 is 0. The lowest BCUT2D eigenvalue weighted by molar-refractivity contribution is 0.176. The lowest BCUT2D eigenvalue weighted by atomic mass is 9.92. The first kappa shape index (κ1) is 14.5. The van der Waals surface area contributed by atoms with Crippen molar-refractivity contribution in [2.24, 2.45) is 11.7 Å². The van der Waals surface area contributed by atoms with Crippen LogP contribution in [0.4, 0.5) is 0 Å². The zero-order valence-corrected chi connectivity index (χ0v) is 11.4. The van der Waals surface area contributed by atoms with Crippen LogP contribution in [0, 0.1) is 17.2 Å². The minimum absolute atomic E-state index is 0.595. The van der Waals surface area contributed by atoms with Gasteiger partial charge in [-0.2, -0.15) is 5.26 Å². The number of nitriles is 1. The van der Waals surface area contributed by atoms with E-state index in [0.29, 0.717) is 0 Å². The topological polar surface area (TPSA) is 53.0 Å². The second kappa shape index (κ2) is 6.98. The van der Waals surface area contributed by atoms with Crippen molar-refractivity contribution < 1.29 is 0 Å². The Kier molecular flexibility index (Phi) is 5.94. The smallest absolute Gasteiger partial charge is 0.104 e. The maximum atomic E-state index is 9.00. The van der Waals surface area contributed by atoms with Gasteiger partial charge < -0.3 is 10.6 Å². The van der Waals surface area contributed by atoms with Crippen molar-refractivity contribution in [3.05, 3.63) is 0 Å². The van der Waals surface area contributed by atoms with Crippen LogP contribution < -0.4 is 5.73 Å². The summed E-state index contributed by atoms with van der Waals surface area (Å²) in [7, 11) is 0. The van der Waals surface area contributed by atoms with E-state index < -0.39 is 5.54 Å². The molecule has 3 nitrogen and oxygen atoms in total. The molecule has 1 saturated heterocycles. The van der Waals surface area contributed by atoms with E-state index in [9.17, 15) is 0 Å². The third kappa shape index (κ3) is 4.65. The summed E-state index contributed by atoms with van der Waals surface area (Å²) in [6.07, 6.45) is 6.64. The molecule has 17 heavy (non-hydrogen) atoms. The van der Waals surface area contributed by atoms with E-state index in [0.717, 1.165) is 31.7 Å². The molecule has 0 amide bonds. The molecule has 0 saturated carbocycles. The molecule has 1 unspecified atom stereocenters. The molecule has 0 bridgehead atoms. The molecule has 1 fully saturated rings. The average molecular weight is 237 g/mol. The van der Waals surface area contributed by atoms with Crippen molar-refractivity contribution in [2.45, 2.75) is 57.9 Å². The van der Waals surface area contributed by atoms with Crippen LogP contribution in [-0.4, -0.2) is 30.1 Å². The van der Waals surface area contributed by atoms with Crippen molar-refractivity contribution in [3.63, 3.8) is 0 Å². The second-order valence-corrected chi connectivity index (χ2v) is 5.42. The van der Waals surface area contributed by atoms with Gasteiger partial charge in [0, 0.05) is 0 Å². The Bertz CT molecular complexity index is 251. The van der Waals surface area contributed by atoms with Gasteiger partial charge in [0.15, 0.2) is 0 Å². The minimum atomic E-state index is -0.595. The Balaban J connectivity index is 2.18. The summed E-state index contributed by atoms with van der Waals surface area (Å²) in [5.41, 5.74) is 5.38. The van der Waals surface area contributed by atoms with Crippen LogP contribution in [0.5, 0.6) is 0 Å². The van der Waals surface area contributed by atoms with Crippen LogP contribution in [0.1, 0.15) is 52.4 Å². The summed E-state index contributed by atoms with van der Waals surface area (Å²) in [6, 6.07) is 2.24. The van der Waals surface area contributed by atoms with E-state index in [1.165, 1.54) is 32.4 Å². The fourth-order valence-corrected chi connectivity index (χ4v) is 2.55. The monoisotopic (exact) mass is 237 g/mol. The van der Waals surface area contributed by atoms with Gasteiger partial charge in [-0.3, -0.25) is 0 Å². The Morgan fingerprint density at radius 3 is 2.47 bits per heavy atom. The predicted octanol–water partition coefficient (Wildman–Crippen LogP) is 2.52. The van der Waals surface area contributed by atoms with E-state index in [2.05, 4.69) is 17.9 Å². The normalized spacial score (nSPS) is 22.0. The van der Waals surface area contributed by atoms with E-state index in [1.54, 1.807) is 0 Å². The third-order valence-corrected chi connectivity index (χ3v) is 4.24. The Hall–Kier alpha value is -0.590. The highest BCUT2D eigenvalue weighted by Crippen LogP contribution is 2.21. The summed E-state index contributed by atoms with van der Waals surface area (Å²) in [5, 5.41) is 9.00. The Labute approximate surface area is 106 Å². The van der Waals surface area contributed by atoms with Crippen LogP contribution in [0.25, 0.3) is 0 Å². The van der Waals surface area contributed by atoms with Crippen LogP contribution in [0.3, 0.4) is 0 Å². The summed E-state index contributed by atoms with van der Waals surface area (Å²) in [6.45, 7) is 7.85. The molecule has 0 aromatic heterocycles. The summed E-state index contributed by atoms with van der Waals surface area (Å²) >= 11 is 0. The number of nitrogens with two attached hydrogens (primary N) is 1. The highest BCUT2D eigenvalue weighted by Gasteiger charge is 2.22. The fraction of sp³-hybridized carbons (Fsp3) is 0.929. The Morgan fingerprint density at radius 2 is 2.00 bits per heavy atom. The van der Waals surface area contributed by atoms with Gasteiger partial charge in [-0.15, -0.1) is 0 Å². The molecule has 1 atom stereocenters. The first-order valence-corrected chi connectivity index (χ1v) is 7.06. The molecule has 0 aromatic carbocycles. The second-order valence-electron chi connectivity index (χ2n) is 5.42. The average Bonchev–Trinajstić information content (AvgIpc) is 2.39. The number of nitrogens with zero attached hydrogens (tertiary/aromatic N) is 2. The van der Waals surface area contributed by atoms with Gasteiger partial charge in [0.2, 0.25) is 0 Å². The van der Waals surface area contributed by atoms with E-state index in [4.69, 9.17) is 11.0 Å². The first-order valence-electron chi connectivity index (χ1n) is 7.06.